The Morgan fingerprint density at radius 1 is 1.10 bits per heavy atom. The normalized spacial score (nSPS) is 11.8. The molecule has 0 aliphatic rings. The molecule has 0 saturated heterocycles. The molecule has 0 spiro atoms. The molecular weight excluding hydrogens is 264 g/mol. The predicted molar refractivity (Wildman–Crippen MR) is 72.8 cm³/mol. The van der Waals surface area contributed by atoms with E-state index in [1.807, 2.05) is 0 Å². The summed E-state index contributed by atoms with van der Waals surface area (Å²) in [5, 5.41) is 9.15. The van der Waals surface area contributed by atoms with Crippen LogP contribution in [0.15, 0.2) is 12.1 Å². The average Bonchev–Trinajstić information content (AvgIpc) is 2.45. The van der Waals surface area contributed by atoms with Gasteiger partial charge in [-0.25, -0.2) is 0 Å². The Morgan fingerprint density at radius 3 is 2.00 bits per heavy atom. The van der Waals surface area contributed by atoms with Gasteiger partial charge >= 0.3 is 5.97 Å². The van der Waals surface area contributed by atoms with Crippen LogP contribution in [-0.2, 0) is 16.0 Å². The van der Waals surface area contributed by atoms with Crippen molar-refractivity contribution in [1.29, 1.82) is 0 Å². The Bertz CT molecular complexity index is 432. The molecule has 0 saturated carbocycles. The fourth-order valence-electron chi connectivity index (χ4n) is 1.96. The maximum atomic E-state index is 11.2. The lowest BCUT2D eigenvalue weighted by molar-refractivity contribution is -0.143. The van der Waals surface area contributed by atoms with Gasteiger partial charge in [0.15, 0.2) is 11.5 Å². The van der Waals surface area contributed by atoms with Gasteiger partial charge in [0.1, 0.15) is 0 Å². The molecule has 0 fully saturated rings. The molecule has 1 aromatic rings. The smallest absolute Gasteiger partial charge is 0.309 e. The van der Waals surface area contributed by atoms with E-state index in [0.29, 0.717) is 23.7 Å². The SMILES string of the molecule is COCC(Cc1cc(OC)c(OC)c(OC)c1)C(=O)O. The van der Waals surface area contributed by atoms with Crippen LogP contribution in [0.1, 0.15) is 5.56 Å². The molecule has 0 bridgehead atoms. The van der Waals surface area contributed by atoms with Crippen molar-refractivity contribution in [3.05, 3.63) is 17.7 Å². The summed E-state index contributed by atoms with van der Waals surface area (Å²) in [7, 11) is 6.03. The highest BCUT2D eigenvalue weighted by molar-refractivity contribution is 5.70. The van der Waals surface area contributed by atoms with E-state index in [2.05, 4.69) is 0 Å². The molecular formula is C14H20O6. The van der Waals surface area contributed by atoms with Gasteiger partial charge in [-0.3, -0.25) is 4.79 Å². The number of ether oxygens (including phenoxy) is 4. The molecule has 0 aliphatic carbocycles. The number of hydrogen-bond donors (Lipinski definition) is 1. The number of carboxylic acid groups (broad SMARTS) is 1. The van der Waals surface area contributed by atoms with Crippen molar-refractivity contribution >= 4 is 5.97 Å². The Labute approximate surface area is 118 Å². The standard InChI is InChI=1S/C14H20O6/c1-17-8-10(14(15)16)5-9-6-11(18-2)13(20-4)12(7-9)19-3/h6-7,10H,5,8H2,1-4H3,(H,15,16). The van der Waals surface area contributed by atoms with Crippen LogP contribution >= 0.6 is 0 Å². The van der Waals surface area contributed by atoms with Crippen LogP contribution < -0.4 is 14.2 Å². The van der Waals surface area contributed by atoms with Crippen molar-refractivity contribution in [2.45, 2.75) is 6.42 Å². The molecule has 1 rings (SSSR count). The van der Waals surface area contributed by atoms with Crippen LogP contribution in [-0.4, -0.2) is 46.1 Å². The number of carboxylic acids is 1. The van der Waals surface area contributed by atoms with Gasteiger partial charge in [0.05, 0.1) is 33.9 Å². The number of carbonyl (C=O) groups is 1. The summed E-state index contributed by atoms with van der Waals surface area (Å²) < 4.78 is 20.6. The van der Waals surface area contributed by atoms with Gasteiger partial charge in [0, 0.05) is 7.11 Å². The van der Waals surface area contributed by atoms with E-state index in [1.54, 1.807) is 12.1 Å². The van der Waals surface area contributed by atoms with E-state index in [9.17, 15) is 4.79 Å². The second kappa shape index (κ2) is 7.59. The molecule has 112 valence electrons. The molecule has 20 heavy (non-hydrogen) atoms. The number of benzene rings is 1. The molecule has 1 aromatic carbocycles. The lowest BCUT2D eigenvalue weighted by atomic mass is 9.99. The molecule has 6 nitrogen and oxygen atoms in total. The maximum Gasteiger partial charge on any atom is 0.309 e. The maximum absolute atomic E-state index is 11.2. The lowest BCUT2D eigenvalue weighted by Crippen LogP contribution is -2.21. The number of rotatable bonds is 8. The van der Waals surface area contributed by atoms with E-state index in [4.69, 9.17) is 24.1 Å². The van der Waals surface area contributed by atoms with E-state index >= 15 is 0 Å². The molecule has 1 unspecified atom stereocenters. The van der Waals surface area contributed by atoms with Crippen molar-refractivity contribution in [3.8, 4) is 17.2 Å². The van der Waals surface area contributed by atoms with E-state index in [-0.39, 0.29) is 6.61 Å². The third kappa shape index (κ3) is 3.77. The summed E-state index contributed by atoms with van der Waals surface area (Å²) in [6, 6.07) is 3.49. The first-order valence-corrected chi connectivity index (χ1v) is 6.08. The van der Waals surface area contributed by atoms with Crippen molar-refractivity contribution in [1.82, 2.24) is 0 Å². The van der Waals surface area contributed by atoms with Gasteiger partial charge in [0.25, 0.3) is 0 Å². The zero-order valence-corrected chi connectivity index (χ0v) is 12.1. The highest BCUT2D eigenvalue weighted by Crippen LogP contribution is 2.38. The van der Waals surface area contributed by atoms with Crippen LogP contribution in [0.4, 0.5) is 0 Å². The number of methoxy groups -OCH3 is 4. The topological polar surface area (TPSA) is 74.2 Å². The fourth-order valence-corrected chi connectivity index (χ4v) is 1.96. The first kappa shape index (κ1) is 16.1. The van der Waals surface area contributed by atoms with Crippen LogP contribution in [0.5, 0.6) is 17.2 Å². The van der Waals surface area contributed by atoms with E-state index in [0.717, 1.165) is 5.56 Å². The minimum absolute atomic E-state index is 0.145. The van der Waals surface area contributed by atoms with Crippen LogP contribution in [0, 0.1) is 5.92 Å². The molecule has 0 aromatic heterocycles. The van der Waals surface area contributed by atoms with Gasteiger partial charge in [-0.2, -0.15) is 0 Å². The highest BCUT2D eigenvalue weighted by Gasteiger charge is 2.20. The fraction of sp³-hybridized carbons (Fsp3) is 0.500. The quantitative estimate of drug-likeness (QED) is 0.781. The van der Waals surface area contributed by atoms with E-state index < -0.39 is 11.9 Å². The van der Waals surface area contributed by atoms with Gasteiger partial charge in [0.2, 0.25) is 5.75 Å². The van der Waals surface area contributed by atoms with Crippen LogP contribution in [0.3, 0.4) is 0 Å². The zero-order valence-electron chi connectivity index (χ0n) is 12.1. The Kier molecular flexibility index (Phi) is 6.11. The van der Waals surface area contributed by atoms with E-state index in [1.165, 1.54) is 28.4 Å². The first-order valence-electron chi connectivity index (χ1n) is 6.08. The summed E-state index contributed by atoms with van der Waals surface area (Å²) in [6.07, 6.45) is 0.319. The minimum Gasteiger partial charge on any atom is -0.493 e. The molecule has 1 atom stereocenters. The molecule has 1 N–H and O–H groups in total. The van der Waals surface area contributed by atoms with Gasteiger partial charge in [-0.05, 0) is 24.1 Å². The zero-order chi connectivity index (χ0) is 15.1. The number of hydrogen-bond acceptors (Lipinski definition) is 5. The summed E-state index contributed by atoms with van der Waals surface area (Å²) in [4.78, 5) is 11.2. The second-order valence-corrected chi connectivity index (χ2v) is 4.23. The van der Waals surface area contributed by atoms with Crippen LogP contribution in [0.25, 0.3) is 0 Å². The van der Waals surface area contributed by atoms with Crippen molar-refractivity contribution in [2.75, 3.05) is 35.0 Å². The van der Waals surface area contributed by atoms with Gasteiger partial charge < -0.3 is 24.1 Å². The largest absolute Gasteiger partial charge is 0.493 e. The monoisotopic (exact) mass is 284 g/mol. The predicted octanol–water partition coefficient (Wildman–Crippen LogP) is 1.60. The summed E-state index contributed by atoms with van der Waals surface area (Å²) in [5.41, 5.74) is 0.781. The summed E-state index contributed by atoms with van der Waals surface area (Å²) >= 11 is 0. The Balaban J connectivity index is 3.09. The minimum atomic E-state index is -0.902. The third-order valence-electron chi connectivity index (χ3n) is 2.92. The Hall–Kier alpha value is -1.95. The van der Waals surface area contributed by atoms with Crippen LogP contribution in [0.2, 0.25) is 0 Å². The third-order valence-corrected chi connectivity index (χ3v) is 2.92. The molecule has 0 amide bonds. The summed E-state index contributed by atoms with van der Waals surface area (Å²) in [5.74, 6) is -0.0346. The molecule has 6 heteroatoms. The van der Waals surface area contributed by atoms with Crippen molar-refractivity contribution < 1.29 is 28.8 Å². The molecule has 0 radical (unpaired) electrons. The van der Waals surface area contributed by atoms with Crippen molar-refractivity contribution in [3.63, 3.8) is 0 Å². The van der Waals surface area contributed by atoms with Gasteiger partial charge in [-0.1, -0.05) is 0 Å². The average molecular weight is 284 g/mol. The summed E-state index contributed by atoms with van der Waals surface area (Å²) in [6.45, 7) is 0.145. The molecule has 0 heterocycles. The first-order chi connectivity index (χ1) is 9.57. The lowest BCUT2D eigenvalue weighted by Gasteiger charge is -2.16. The second-order valence-electron chi connectivity index (χ2n) is 4.23. The van der Waals surface area contributed by atoms with Crippen molar-refractivity contribution in [2.24, 2.45) is 5.92 Å². The highest BCUT2D eigenvalue weighted by atomic mass is 16.5. The van der Waals surface area contributed by atoms with Gasteiger partial charge in [-0.15, -0.1) is 0 Å². The number of aliphatic carboxylic acids is 1. The Morgan fingerprint density at radius 2 is 1.65 bits per heavy atom. The molecule has 0 aliphatic heterocycles.